The van der Waals surface area contributed by atoms with Crippen molar-refractivity contribution < 1.29 is 18.7 Å². The minimum Gasteiger partial charge on any atom is -0.454 e. The first-order valence-corrected chi connectivity index (χ1v) is 8.59. The van der Waals surface area contributed by atoms with Gasteiger partial charge in [-0.05, 0) is 48.4 Å². The summed E-state index contributed by atoms with van der Waals surface area (Å²) in [4.78, 5) is 14.2. The van der Waals surface area contributed by atoms with Crippen molar-refractivity contribution in [2.45, 2.75) is 11.7 Å². The Balaban J connectivity index is 1.54. The molecule has 4 rings (SSSR count). The first-order chi connectivity index (χ1) is 11.6. The van der Waals surface area contributed by atoms with E-state index in [0.717, 1.165) is 5.56 Å². The standard InChI is InChI=1S/C17H12FNO3S2/c18-11-2-4-12(5-3-11)19-16(20)15(24-17(19)23)8-10-1-6-13-14(7-10)22-9-21-13/h1-7,15H,8-9H2. The lowest BCUT2D eigenvalue weighted by Crippen LogP contribution is -2.31. The number of hydrogen-bond acceptors (Lipinski definition) is 5. The van der Waals surface area contributed by atoms with Crippen LogP contribution in [0.1, 0.15) is 5.56 Å². The predicted octanol–water partition coefficient (Wildman–Crippen LogP) is 3.53. The molecule has 0 spiro atoms. The molecule has 1 fully saturated rings. The molecule has 0 bridgehead atoms. The second-order valence-electron chi connectivity index (χ2n) is 5.41. The summed E-state index contributed by atoms with van der Waals surface area (Å²) in [5.41, 5.74) is 1.57. The molecule has 2 aromatic carbocycles. The van der Waals surface area contributed by atoms with Gasteiger partial charge in [0.2, 0.25) is 12.7 Å². The molecule has 1 atom stereocenters. The molecule has 1 saturated heterocycles. The van der Waals surface area contributed by atoms with Crippen molar-refractivity contribution >= 4 is 39.9 Å². The number of carbonyl (C=O) groups excluding carboxylic acids is 1. The van der Waals surface area contributed by atoms with Crippen molar-refractivity contribution in [3.8, 4) is 11.5 Å². The minimum absolute atomic E-state index is 0.0886. The molecule has 0 aromatic heterocycles. The number of amides is 1. The van der Waals surface area contributed by atoms with Crippen LogP contribution in [-0.4, -0.2) is 22.3 Å². The number of fused-ring (bicyclic) bond motifs is 1. The Bertz CT molecular complexity index is 825. The molecule has 2 heterocycles. The SMILES string of the molecule is O=C1C(Cc2ccc3c(c2)OCO3)SC(=S)N1c1ccc(F)cc1. The van der Waals surface area contributed by atoms with E-state index < -0.39 is 0 Å². The summed E-state index contributed by atoms with van der Waals surface area (Å²) in [7, 11) is 0. The van der Waals surface area contributed by atoms with E-state index in [9.17, 15) is 9.18 Å². The molecule has 0 aliphatic carbocycles. The second kappa shape index (κ2) is 6.07. The van der Waals surface area contributed by atoms with E-state index in [4.69, 9.17) is 21.7 Å². The van der Waals surface area contributed by atoms with Gasteiger partial charge in [-0.15, -0.1) is 0 Å². The molecule has 2 aromatic rings. The third kappa shape index (κ3) is 2.74. The van der Waals surface area contributed by atoms with Gasteiger partial charge in [0.1, 0.15) is 10.1 Å². The molecule has 122 valence electrons. The lowest BCUT2D eigenvalue weighted by molar-refractivity contribution is -0.116. The highest BCUT2D eigenvalue weighted by molar-refractivity contribution is 8.25. The number of thioether (sulfide) groups is 1. The monoisotopic (exact) mass is 361 g/mol. The molecule has 0 N–H and O–H groups in total. The quantitative estimate of drug-likeness (QED) is 0.782. The van der Waals surface area contributed by atoms with E-state index >= 15 is 0 Å². The molecule has 2 aliphatic heterocycles. The van der Waals surface area contributed by atoms with Crippen molar-refractivity contribution in [3.63, 3.8) is 0 Å². The number of benzene rings is 2. The summed E-state index contributed by atoms with van der Waals surface area (Å²) < 4.78 is 24.2. The molecule has 1 unspecified atom stereocenters. The van der Waals surface area contributed by atoms with Crippen LogP contribution in [0.3, 0.4) is 0 Å². The number of thiocarbonyl (C=S) groups is 1. The van der Waals surface area contributed by atoms with E-state index in [2.05, 4.69) is 0 Å². The highest BCUT2D eigenvalue weighted by Crippen LogP contribution is 2.36. The van der Waals surface area contributed by atoms with Crippen LogP contribution in [0.4, 0.5) is 10.1 Å². The topological polar surface area (TPSA) is 38.8 Å². The summed E-state index contributed by atoms with van der Waals surface area (Å²) in [5.74, 6) is 0.976. The Kier molecular flexibility index (Phi) is 3.90. The molecule has 2 aliphatic rings. The molecule has 7 heteroatoms. The zero-order chi connectivity index (χ0) is 16.7. The van der Waals surface area contributed by atoms with Gasteiger partial charge in [-0.1, -0.05) is 30.0 Å². The van der Waals surface area contributed by atoms with E-state index in [1.165, 1.54) is 28.8 Å². The lowest BCUT2D eigenvalue weighted by atomic mass is 10.1. The van der Waals surface area contributed by atoms with Gasteiger partial charge < -0.3 is 9.47 Å². The average Bonchev–Trinajstić information content (AvgIpc) is 3.13. The fourth-order valence-corrected chi connectivity index (χ4v) is 4.26. The maximum Gasteiger partial charge on any atom is 0.246 e. The fraction of sp³-hybridized carbons (Fsp3) is 0.176. The predicted molar refractivity (Wildman–Crippen MR) is 94.1 cm³/mol. The number of nitrogens with zero attached hydrogens (tertiary/aromatic N) is 1. The second-order valence-corrected chi connectivity index (χ2v) is 7.25. The van der Waals surface area contributed by atoms with Crippen LogP contribution >= 0.6 is 24.0 Å². The first kappa shape index (κ1) is 15.4. The van der Waals surface area contributed by atoms with Gasteiger partial charge in [0, 0.05) is 0 Å². The molecule has 0 saturated carbocycles. The summed E-state index contributed by atoms with van der Waals surface area (Å²) in [6, 6.07) is 11.4. The maximum atomic E-state index is 13.1. The molecule has 24 heavy (non-hydrogen) atoms. The maximum absolute atomic E-state index is 13.1. The highest BCUT2D eigenvalue weighted by atomic mass is 32.2. The van der Waals surface area contributed by atoms with Crippen molar-refractivity contribution in [3.05, 3.63) is 53.8 Å². The van der Waals surface area contributed by atoms with Crippen LogP contribution in [0, 0.1) is 5.82 Å². The van der Waals surface area contributed by atoms with E-state index in [1.54, 1.807) is 12.1 Å². The minimum atomic E-state index is -0.346. The van der Waals surface area contributed by atoms with E-state index in [0.29, 0.717) is 27.9 Å². The lowest BCUT2D eigenvalue weighted by Gasteiger charge is -2.15. The third-order valence-electron chi connectivity index (χ3n) is 3.86. The number of hydrogen-bond donors (Lipinski definition) is 0. The zero-order valence-electron chi connectivity index (χ0n) is 12.4. The highest BCUT2D eigenvalue weighted by Gasteiger charge is 2.38. The van der Waals surface area contributed by atoms with Gasteiger partial charge in [0.25, 0.3) is 0 Å². The van der Waals surface area contributed by atoms with Gasteiger partial charge in [-0.2, -0.15) is 0 Å². The summed E-state index contributed by atoms with van der Waals surface area (Å²) in [5, 5.41) is -0.303. The van der Waals surface area contributed by atoms with Crippen LogP contribution in [0.2, 0.25) is 0 Å². The normalized spacial score (nSPS) is 19.2. The van der Waals surface area contributed by atoms with Crippen molar-refractivity contribution in [1.82, 2.24) is 0 Å². The first-order valence-electron chi connectivity index (χ1n) is 7.30. The summed E-state index contributed by atoms with van der Waals surface area (Å²) >= 11 is 6.69. The Morgan fingerprint density at radius 3 is 2.71 bits per heavy atom. The van der Waals surface area contributed by atoms with Gasteiger partial charge >= 0.3 is 0 Å². The van der Waals surface area contributed by atoms with E-state index in [1.807, 2.05) is 18.2 Å². The van der Waals surface area contributed by atoms with Crippen molar-refractivity contribution in [2.24, 2.45) is 0 Å². The Labute approximate surface area is 147 Å². The Morgan fingerprint density at radius 2 is 1.92 bits per heavy atom. The number of rotatable bonds is 3. The number of ether oxygens (including phenoxy) is 2. The summed E-state index contributed by atoms with van der Waals surface area (Å²) in [6.45, 7) is 0.221. The van der Waals surface area contributed by atoms with Crippen LogP contribution in [-0.2, 0) is 11.2 Å². The molecule has 4 nitrogen and oxygen atoms in total. The molecular formula is C17H12FNO3S2. The van der Waals surface area contributed by atoms with Gasteiger partial charge in [-0.25, -0.2) is 4.39 Å². The van der Waals surface area contributed by atoms with Gasteiger partial charge in [0.15, 0.2) is 11.5 Å². The van der Waals surface area contributed by atoms with Crippen LogP contribution < -0.4 is 14.4 Å². The Morgan fingerprint density at radius 1 is 1.17 bits per heavy atom. The largest absolute Gasteiger partial charge is 0.454 e. The third-order valence-corrected chi connectivity index (χ3v) is 5.37. The molecule has 0 radical (unpaired) electrons. The Hall–Kier alpha value is -2.12. The summed E-state index contributed by atoms with van der Waals surface area (Å²) in [6.07, 6.45) is 0.540. The number of anilines is 1. The van der Waals surface area contributed by atoms with E-state index in [-0.39, 0.29) is 23.8 Å². The van der Waals surface area contributed by atoms with Crippen LogP contribution in [0.15, 0.2) is 42.5 Å². The van der Waals surface area contributed by atoms with Crippen molar-refractivity contribution in [2.75, 3.05) is 11.7 Å². The fourth-order valence-electron chi connectivity index (χ4n) is 2.69. The van der Waals surface area contributed by atoms with Gasteiger partial charge in [0.05, 0.1) is 10.9 Å². The van der Waals surface area contributed by atoms with Crippen LogP contribution in [0.5, 0.6) is 11.5 Å². The van der Waals surface area contributed by atoms with Gasteiger partial charge in [-0.3, -0.25) is 9.69 Å². The molecule has 1 amide bonds. The number of carbonyl (C=O) groups is 1. The number of halogens is 1. The van der Waals surface area contributed by atoms with Crippen molar-refractivity contribution in [1.29, 1.82) is 0 Å². The molecular weight excluding hydrogens is 349 g/mol. The zero-order valence-corrected chi connectivity index (χ0v) is 14.0. The smallest absolute Gasteiger partial charge is 0.246 e. The average molecular weight is 361 g/mol. The van der Waals surface area contributed by atoms with Crippen LogP contribution in [0.25, 0.3) is 0 Å².